The molecular weight excluding hydrogens is 371 g/mol. The van der Waals surface area contributed by atoms with Crippen LogP contribution in [0.1, 0.15) is 24.5 Å². The molecule has 6 heteroatoms. The van der Waals surface area contributed by atoms with E-state index < -0.39 is 0 Å². The second-order valence-electron chi connectivity index (χ2n) is 7.22. The number of benzene rings is 2. The van der Waals surface area contributed by atoms with E-state index in [1.165, 1.54) is 12.1 Å². The van der Waals surface area contributed by atoms with Crippen LogP contribution in [-0.4, -0.2) is 43.4 Å². The maximum absolute atomic E-state index is 13.3. The molecule has 1 aromatic heterocycles. The van der Waals surface area contributed by atoms with E-state index in [0.717, 1.165) is 55.1 Å². The van der Waals surface area contributed by atoms with Crippen LogP contribution in [0.4, 0.5) is 4.39 Å². The Bertz CT molecular complexity index is 977. The normalized spacial score (nSPS) is 15.9. The summed E-state index contributed by atoms with van der Waals surface area (Å²) in [6.07, 6.45) is 6.19. The van der Waals surface area contributed by atoms with Gasteiger partial charge in [0.2, 0.25) is 0 Å². The van der Waals surface area contributed by atoms with Crippen LogP contribution in [0.5, 0.6) is 11.5 Å². The van der Waals surface area contributed by atoms with Crippen LogP contribution in [0, 0.1) is 5.82 Å². The molecule has 2 heterocycles. The Morgan fingerprint density at radius 1 is 1.14 bits per heavy atom. The first-order chi connectivity index (χ1) is 14.2. The highest BCUT2D eigenvalue weighted by atomic mass is 19.1. The minimum Gasteiger partial charge on any atom is -0.493 e. The van der Waals surface area contributed by atoms with E-state index in [0.29, 0.717) is 18.0 Å². The van der Waals surface area contributed by atoms with Crippen LogP contribution >= 0.6 is 0 Å². The average Bonchev–Trinajstić information content (AvgIpc) is 3.17. The Morgan fingerprint density at radius 2 is 1.93 bits per heavy atom. The molecule has 152 valence electrons. The van der Waals surface area contributed by atoms with E-state index in [2.05, 4.69) is 16.1 Å². The van der Waals surface area contributed by atoms with E-state index in [4.69, 9.17) is 14.0 Å². The summed E-state index contributed by atoms with van der Waals surface area (Å²) in [5, 5.41) is 4.95. The molecule has 3 aromatic rings. The molecule has 0 atom stereocenters. The number of hydrogen-bond donors (Lipinski definition) is 0. The van der Waals surface area contributed by atoms with Gasteiger partial charge >= 0.3 is 0 Å². The standard InChI is InChI=1S/C23H25FN2O3/c1-27-21-6-2-3-7-22(21)28-15-5-4-12-26-13-10-17(11-14-26)23-19-9-8-18(24)16-20(19)25-29-23/h2-9,16-17H,10-15H2,1H3/b5-4+. The van der Waals surface area contributed by atoms with Gasteiger partial charge in [0, 0.05) is 23.9 Å². The summed E-state index contributed by atoms with van der Waals surface area (Å²) < 4.78 is 29.9. The molecule has 29 heavy (non-hydrogen) atoms. The number of methoxy groups -OCH3 is 1. The number of rotatable bonds is 7. The molecule has 4 rings (SSSR count). The number of nitrogens with zero attached hydrogens (tertiary/aromatic N) is 2. The topological polar surface area (TPSA) is 47.7 Å². The van der Waals surface area contributed by atoms with Gasteiger partial charge in [-0.2, -0.15) is 0 Å². The van der Waals surface area contributed by atoms with Crippen molar-refractivity contribution in [1.82, 2.24) is 10.1 Å². The summed E-state index contributed by atoms with van der Waals surface area (Å²) in [6.45, 7) is 3.39. The van der Waals surface area contributed by atoms with Gasteiger partial charge in [0.15, 0.2) is 11.5 Å². The first-order valence-electron chi connectivity index (χ1n) is 9.92. The third kappa shape index (κ3) is 4.59. The molecule has 0 aliphatic carbocycles. The van der Waals surface area contributed by atoms with Crippen LogP contribution < -0.4 is 9.47 Å². The van der Waals surface area contributed by atoms with Gasteiger partial charge in [0.1, 0.15) is 23.7 Å². The summed E-state index contributed by atoms with van der Waals surface area (Å²) in [5.41, 5.74) is 0.598. The zero-order chi connectivity index (χ0) is 20.1. The van der Waals surface area contributed by atoms with E-state index in [1.807, 2.05) is 30.3 Å². The Balaban J connectivity index is 1.24. The van der Waals surface area contributed by atoms with Crippen molar-refractivity contribution in [2.75, 3.05) is 33.4 Å². The van der Waals surface area contributed by atoms with Crippen molar-refractivity contribution in [1.29, 1.82) is 0 Å². The van der Waals surface area contributed by atoms with Crippen molar-refractivity contribution < 1.29 is 18.4 Å². The third-order valence-corrected chi connectivity index (χ3v) is 5.36. The minimum absolute atomic E-state index is 0.284. The smallest absolute Gasteiger partial charge is 0.161 e. The van der Waals surface area contributed by atoms with Crippen molar-refractivity contribution in [2.24, 2.45) is 0 Å². The van der Waals surface area contributed by atoms with Crippen molar-refractivity contribution in [3.05, 3.63) is 66.2 Å². The maximum atomic E-state index is 13.3. The van der Waals surface area contributed by atoms with Crippen molar-refractivity contribution in [3.63, 3.8) is 0 Å². The van der Waals surface area contributed by atoms with Gasteiger partial charge in [-0.3, -0.25) is 4.90 Å². The summed E-state index contributed by atoms with van der Waals surface area (Å²) in [6, 6.07) is 12.3. The van der Waals surface area contributed by atoms with Crippen molar-refractivity contribution in [3.8, 4) is 11.5 Å². The molecule has 0 bridgehead atoms. The number of likely N-dealkylation sites (tertiary alicyclic amines) is 1. The SMILES string of the molecule is COc1ccccc1OC/C=C/CN1CCC(c2onc3cc(F)ccc23)CC1. The zero-order valence-corrected chi connectivity index (χ0v) is 16.5. The first kappa shape index (κ1) is 19.5. The second-order valence-corrected chi connectivity index (χ2v) is 7.22. The molecule has 1 fully saturated rings. The molecule has 1 saturated heterocycles. The fourth-order valence-corrected chi connectivity index (χ4v) is 3.78. The number of aromatic nitrogens is 1. The van der Waals surface area contributed by atoms with Gasteiger partial charge in [0.05, 0.1) is 7.11 Å². The molecule has 1 aliphatic heterocycles. The number of ether oxygens (including phenoxy) is 2. The lowest BCUT2D eigenvalue weighted by atomic mass is 9.92. The van der Waals surface area contributed by atoms with Crippen LogP contribution in [0.15, 0.2) is 59.1 Å². The molecule has 0 radical (unpaired) electrons. The van der Waals surface area contributed by atoms with E-state index >= 15 is 0 Å². The molecule has 1 aliphatic rings. The van der Waals surface area contributed by atoms with Gasteiger partial charge in [0.25, 0.3) is 0 Å². The molecule has 0 amide bonds. The Labute approximate surface area is 169 Å². The highest BCUT2D eigenvalue weighted by molar-refractivity contribution is 5.80. The van der Waals surface area contributed by atoms with Gasteiger partial charge in [-0.05, 0) is 50.2 Å². The van der Waals surface area contributed by atoms with Crippen LogP contribution in [0.3, 0.4) is 0 Å². The van der Waals surface area contributed by atoms with E-state index in [1.54, 1.807) is 13.2 Å². The summed E-state index contributed by atoms with van der Waals surface area (Å²) in [4.78, 5) is 2.41. The zero-order valence-electron chi connectivity index (χ0n) is 16.5. The van der Waals surface area contributed by atoms with Crippen LogP contribution in [0.25, 0.3) is 10.9 Å². The van der Waals surface area contributed by atoms with Gasteiger partial charge in [-0.1, -0.05) is 29.4 Å². The highest BCUT2D eigenvalue weighted by Gasteiger charge is 2.25. The highest BCUT2D eigenvalue weighted by Crippen LogP contribution is 2.33. The summed E-state index contributed by atoms with van der Waals surface area (Å²) in [7, 11) is 1.64. The van der Waals surface area contributed by atoms with Crippen LogP contribution in [0.2, 0.25) is 0 Å². The molecule has 5 nitrogen and oxygen atoms in total. The van der Waals surface area contributed by atoms with Gasteiger partial charge < -0.3 is 14.0 Å². The van der Waals surface area contributed by atoms with Gasteiger partial charge in [-0.25, -0.2) is 4.39 Å². The number of para-hydroxylation sites is 2. The van der Waals surface area contributed by atoms with Crippen molar-refractivity contribution >= 4 is 10.9 Å². The fraction of sp³-hybridized carbons (Fsp3) is 0.348. The molecule has 2 aromatic carbocycles. The van der Waals surface area contributed by atoms with E-state index in [-0.39, 0.29) is 5.82 Å². The predicted molar refractivity (Wildman–Crippen MR) is 110 cm³/mol. The number of halogens is 1. The second kappa shape index (κ2) is 9.09. The number of hydrogen-bond acceptors (Lipinski definition) is 5. The molecular formula is C23H25FN2O3. The Morgan fingerprint density at radius 3 is 2.72 bits per heavy atom. The fourth-order valence-electron chi connectivity index (χ4n) is 3.78. The number of fused-ring (bicyclic) bond motifs is 1. The van der Waals surface area contributed by atoms with Crippen LogP contribution in [-0.2, 0) is 0 Å². The predicted octanol–water partition coefficient (Wildman–Crippen LogP) is 4.79. The Kier molecular flexibility index (Phi) is 6.10. The molecule has 0 N–H and O–H groups in total. The largest absolute Gasteiger partial charge is 0.493 e. The summed E-state index contributed by atoms with van der Waals surface area (Å²) >= 11 is 0. The molecule has 0 saturated carbocycles. The minimum atomic E-state index is -0.284. The van der Waals surface area contributed by atoms with Gasteiger partial charge in [-0.15, -0.1) is 0 Å². The van der Waals surface area contributed by atoms with E-state index in [9.17, 15) is 4.39 Å². The number of piperidine rings is 1. The molecule has 0 spiro atoms. The average molecular weight is 396 g/mol. The lowest BCUT2D eigenvalue weighted by Crippen LogP contribution is -2.33. The monoisotopic (exact) mass is 396 g/mol. The molecule has 0 unspecified atom stereocenters. The Hall–Kier alpha value is -2.86. The van der Waals surface area contributed by atoms with Crippen molar-refractivity contribution in [2.45, 2.75) is 18.8 Å². The lowest BCUT2D eigenvalue weighted by Gasteiger charge is -2.30. The third-order valence-electron chi connectivity index (χ3n) is 5.36. The first-order valence-corrected chi connectivity index (χ1v) is 9.92. The lowest BCUT2D eigenvalue weighted by molar-refractivity contribution is 0.214. The summed E-state index contributed by atoms with van der Waals surface area (Å²) in [5.74, 6) is 2.43. The quantitative estimate of drug-likeness (QED) is 0.538. The maximum Gasteiger partial charge on any atom is 0.161 e.